The molecule has 5 atom stereocenters. The van der Waals surface area contributed by atoms with Crippen LogP contribution in [0.4, 0.5) is 17.1 Å². The Balaban J connectivity index is 1.37. The minimum Gasteiger partial charge on any atom is -0.497 e. The molecule has 0 aromatic heterocycles. The van der Waals surface area contributed by atoms with E-state index >= 15 is 4.79 Å². The number of methoxy groups -OCH3 is 1. The fraction of sp³-hybridized carbons (Fsp3) is 0.447. The lowest BCUT2D eigenvalue weighted by molar-refractivity contribution is -0.149. The van der Waals surface area contributed by atoms with Gasteiger partial charge in [0.2, 0.25) is 11.8 Å². The summed E-state index contributed by atoms with van der Waals surface area (Å²) in [7, 11) is -0.819. The molecule has 0 bridgehead atoms. The third kappa shape index (κ3) is 5.07. The van der Waals surface area contributed by atoms with Crippen molar-refractivity contribution >= 4 is 48.0 Å². The summed E-state index contributed by atoms with van der Waals surface area (Å²) in [6, 6.07) is 23.5. The number of carbonyl (C=O) groups is 3. The number of likely N-dealkylation sites (tertiary alicyclic amines) is 1. The molecule has 7 rings (SSSR count). The number of carbonyl (C=O) groups excluding carboxylic acids is 3. The molecule has 1 spiro atoms. The fourth-order valence-electron chi connectivity index (χ4n) is 8.99. The number of anilines is 3. The number of para-hydroxylation sites is 1. The lowest BCUT2D eigenvalue weighted by Gasteiger charge is -2.37. The number of rotatable bonds is 8. The Morgan fingerprint density at radius 2 is 1.75 bits per heavy atom. The van der Waals surface area contributed by atoms with Crippen LogP contribution >= 0.6 is 0 Å². The van der Waals surface area contributed by atoms with Crippen molar-refractivity contribution in [3.63, 3.8) is 0 Å². The standard InChI is InChI=1S/C38H45N3O6Si/c1-25-36(48(3,4)30-17-15-29(46-2)16-18-30)33(23-35(44)40-20-8-12-28(40)24-42)47-38(25)31-22-27(39-21-9-13-34(39)43)14-19-32(31)41(37(38)45)26-10-6-5-7-11-26/h5-7,10-11,14-19,22,25,28,33,36,42H,8-9,12-13,20-21,23-24H2,1-4H3/t25-,28+,33+,36-,38+/m1/s1. The van der Waals surface area contributed by atoms with Gasteiger partial charge in [0.1, 0.15) is 5.75 Å². The van der Waals surface area contributed by atoms with Gasteiger partial charge in [-0.3, -0.25) is 19.3 Å². The van der Waals surface area contributed by atoms with Crippen LogP contribution in [0.3, 0.4) is 0 Å². The summed E-state index contributed by atoms with van der Waals surface area (Å²) in [5.41, 5.74) is 1.51. The number of aliphatic hydroxyl groups is 1. The van der Waals surface area contributed by atoms with Gasteiger partial charge in [-0.1, -0.05) is 55.5 Å². The fourth-order valence-corrected chi connectivity index (χ4v) is 13.0. The van der Waals surface area contributed by atoms with Gasteiger partial charge in [-0.2, -0.15) is 0 Å². The van der Waals surface area contributed by atoms with Crippen LogP contribution < -0.4 is 19.7 Å². The van der Waals surface area contributed by atoms with Crippen molar-refractivity contribution in [2.45, 2.75) is 75.4 Å². The van der Waals surface area contributed by atoms with E-state index < -0.39 is 19.8 Å². The summed E-state index contributed by atoms with van der Waals surface area (Å²) in [4.78, 5) is 47.5. The summed E-state index contributed by atoms with van der Waals surface area (Å²) in [6.45, 7) is 7.90. The number of fused-ring (bicyclic) bond motifs is 2. The molecule has 0 aliphatic carbocycles. The van der Waals surface area contributed by atoms with Gasteiger partial charge in [0.05, 0.1) is 46.0 Å². The minimum atomic E-state index is -2.47. The highest BCUT2D eigenvalue weighted by molar-refractivity contribution is 6.91. The van der Waals surface area contributed by atoms with Crippen LogP contribution in [0.5, 0.6) is 5.75 Å². The topological polar surface area (TPSA) is 99.6 Å². The van der Waals surface area contributed by atoms with Crippen molar-refractivity contribution < 1.29 is 29.0 Å². The number of hydrogen-bond acceptors (Lipinski definition) is 6. The minimum absolute atomic E-state index is 0.0488. The molecule has 0 saturated carbocycles. The summed E-state index contributed by atoms with van der Waals surface area (Å²) < 4.78 is 12.7. The summed E-state index contributed by atoms with van der Waals surface area (Å²) in [5.74, 6) is 0.333. The van der Waals surface area contributed by atoms with Gasteiger partial charge in [0.15, 0.2) is 5.60 Å². The highest BCUT2D eigenvalue weighted by atomic mass is 28.3. The number of ether oxygens (including phenoxy) is 2. The van der Waals surface area contributed by atoms with Crippen molar-refractivity contribution in [1.82, 2.24) is 4.90 Å². The van der Waals surface area contributed by atoms with Gasteiger partial charge >= 0.3 is 0 Å². The van der Waals surface area contributed by atoms with Crippen molar-refractivity contribution in [1.29, 1.82) is 0 Å². The van der Waals surface area contributed by atoms with E-state index in [1.807, 2.05) is 60.7 Å². The number of nitrogens with zero attached hydrogens (tertiary/aromatic N) is 3. The zero-order chi connectivity index (χ0) is 33.8. The SMILES string of the molecule is COc1ccc([Si](C)(C)[C@H]2[C@H](CC(=O)N3CCC[C@H]3CO)O[C@@]3(C(=O)N(c4ccccc4)c4ccc(N5CCCC5=O)cc43)[C@@H]2C)cc1. The highest BCUT2D eigenvalue weighted by Gasteiger charge is 2.67. The highest BCUT2D eigenvalue weighted by Crippen LogP contribution is 2.61. The van der Waals surface area contributed by atoms with Gasteiger partial charge in [-0.15, -0.1) is 0 Å². The molecule has 3 aromatic rings. The molecule has 3 amide bonds. The molecular formula is C38H45N3O6Si. The third-order valence-electron chi connectivity index (χ3n) is 11.4. The zero-order valence-corrected chi connectivity index (χ0v) is 29.2. The molecule has 0 unspecified atom stereocenters. The lowest BCUT2D eigenvalue weighted by atomic mass is 9.82. The number of benzene rings is 3. The molecule has 252 valence electrons. The number of hydrogen-bond donors (Lipinski definition) is 1. The third-order valence-corrected chi connectivity index (χ3v) is 15.8. The molecule has 3 saturated heterocycles. The second kappa shape index (κ2) is 12.5. The van der Waals surface area contributed by atoms with Crippen LogP contribution in [0.1, 0.15) is 44.6 Å². The van der Waals surface area contributed by atoms with E-state index in [1.165, 1.54) is 5.19 Å². The van der Waals surface area contributed by atoms with Crippen LogP contribution in [-0.2, 0) is 24.7 Å². The molecule has 10 heteroatoms. The molecule has 3 fully saturated rings. The molecule has 0 radical (unpaired) electrons. The van der Waals surface area contributed by atoms with Gasteiger partial charge < -0.3 is 24.4 Å². The first-order valence-electron chi connectivity index (χ1n) is 17.2. The summed E-state index contributed by atoms with van der Waals surface area (Å²) in [5, 5.41) is 11.2. The molecule has 9 nitrogen and oxygen atoms in total. The first-order chi connectivity index (χ1) is 23.1. The normalized spacial score (nSPS) is 27.0. The maximum atomic E-state index is 15.2. The predicted molar refractivity (Wildman–Crippen MR) is 188 cm³/mol. The zero-order valence-electron chi connectivity index (χ0n) is 28.2. The van der Waals surface area contributed by atoms with Gasteiger partial charge in [-0.05, 0) is 67.3 Å². The molecule has 4 aliphatic rings. The van der Waals surface area contributed by atoms with Crippen LogP contribution in [0.2, 0.25) is 18.6 Å². The largest absolute Gasteiger partial charge is 0.497 e. The lowest BCUT2D eigenvalue weighted by Crippen LogP contribution is -2.52. The maximum absolute atomic E-state index is 15.2. The second-order valence-electron chi connectivity index (χ2n) is 14.3. The predicted octanol–water partition coefficient (Wildman–Crippen LogP) is 5.09. The van der Waals surface area contributed by atoms with E-state index in [4.69, 9.17) is 9.47 Å². The Bertz CT molecular complexity index is 1720. The Morgan fingerprint density at radius 3 is 2.42 bits per heavy atom. The van der Waals surface area contributed by atoms with Gasteiger partial charge in [0.25, 0.3) is 5.91 Å². The number of amides is 3. The van der Waals surface area contributed by atoms with E-state index in [1.54, 1.807) is 21.8 Å². The monoisotopic (exact) mass is 667 g/mol. The molecule has 4 heterocycles. The van der Waals surface area contributed by atoms with Crippen LogP contribution in [0.25, 0.3) is 0 Å². The smallest absolute Gasteiger partial charge is 0.268 e. The van der Waals surface area contributed by atoms with Crippen molar-refractivity contribution in [2.75, 3.05) is 36.6 Å². The van der Waals surface area contributed by atoms with Crippen LogP contribution in [0, 0.1) is 5.92 Å². The van der Waals surface area contributed by atoms with Crippen molar-refractivity contribution in [3.05, 3.63) is 78.4 Å². The Labute approximate surface area is 283 Å². The van der Waals surface area contributed by atoms with E-state index in [-0.39, 0.29) is 48.3 Å². The van der Waals surface area contributed by atoms with E-state index in [9.17, 15) is 14.7 Å². The summed E-state index contributed by atoms with van der Waals surface area (Å²) in [6.07, 6.45) is 2.51. The quantitative estimate of drug-likeness (QED) is 0.336. The Morgan fingerprint density at radius 1 is 1.00 bits per heavy atom. The number of aliphatic hydroxyl groups excluding tert-OH is 1. The van der Waals surface area contributed by atoms with Gasteiger partial charge in [-0.25, -0.2) is 0 Å². The summed E-state index contributed by atoms with van der Waals surface area (Å²) >= 11 is 0. The van der Waals surface area contributed by atoms with Crippen LogP contribution in [0.15, 0.2) is 72.8 Å². The second-order valence-corrected chi connectivity index (χ2v) is 18.9. The van der Waals surface area contributed by atoms with Crippen molar-refractivity contribution in [2.24, 2.45) is 5.92 Å². The molecule has 4 aliphatic heterocycles. The van der Waals surface area contributed by atoms with Crippen molar-refractivity contribution in [3.8, 4) is 5.75 Å². The van der Waals surface area contributed by atoms with E-state index in [2.05, 4.69) is 32.2 Å². The molecule has 3 aromatic carbocycles. The maximum Gasteiger partial charge on any atom is 0.268 e. The van der Waals surface area contributed by atoms with Gasteiger partial charge in [0, 0.05) is 42.4 Å². The van der Waals surface area contributed by atoms with E-state index in [0.717, 1.165) is 47.6 Å². The Kier molecular flexibility index (Phi) is 8.46. The first kappa shape index (κ1) is 32.5. The average molecular weight is 668 g/mol. The molecule has 1 N–H and O–H groups in total. The Hall–Kier alpha value is -3.99. The molecular weight excluding hydrogens is 623 g/mol. The first-order valence-corrected chi connectivity index (χ1v) is 20.3. The van der Waals surface area contributed by atoms with E-state index in [0.29, 0.717) is 19.5 Å². The van der Waals surface area contributed by atoms with Crippen LogP contribution in [-0.4, -0.2) is 74.8 Å². The average Bonchev–Trinajstić information content (AvgIpc) is 3.87. The molecule has 48 heavy (non-hydrogen) atoms.